The van der Waals surface area contributed by atoms with Gasteiger partial charge in [-0.2, -0.15) is 0 Å². The Morgan fingerprint density at radius 3 is 2.79 bits per heavy atom. The lowest BCUT2D eigenvalue weighted by Gasteiger charge is -2.03. The Balaban J connectivity index is 2.70. The van der Waals surface area contributed by atoms with Crippen LogP contribution in [-0.2, 0) is 11.9 Å². The van der Waals surface area contributed by atoms with Crippen molar-refractivity contribution in [2.45, 2.75) is 11.9 Å². The summed E-state index contributed by atoms with van der Waals surface area (Å²) in [6, 6.07) is 3.90. The van der Waals surface area contributed by atoms with Crippen molar-refractivity contribution < 1.29 is 5.11 Å². The van der Waals surface area contributed by atoms with Crippen molar-refractivity contribution in [3.63, 3.8) is 0 Å². The molecule has 0 aliphatic rings. The van der Waals surface area contributed by atoms with E-state index in [0.29, 0.717) is 5.69 Å². The van der Waals surface area contributed by atoms with E-state index in [1.165, 1.54) is 15.6 Å². The predicted octanol–water partition coefficient (Wildman–Crippen LogP) is 2.87. The minimum atomic E-state index is -0.000649. The molecule has 0 aliphatic heterocycles. The minimum Gasteiger partial charge on any atom is -0.398 e. The Morgan fingerprint density at radius 1 is 1.36 bits per heavy atom. The molecular formula is C10H10BrNOS. The molecule has 3 N–H and O–H groups in total. The molecule has 0 amide bonds. The second-order valence-corrected chi connectivity index (χ2v) is 4.57. The Labute approximate surface area is 94.5 Å². The molecule has 0 unspecified atom stereocenters. The van der Waals surface area contributed by atoms with Crippen LogP contribution in [0.25, 0.3) is 10.1 Å². The van der Waals surface area contributed by atoms with Gasteiger partial charge in [-0.05, 0) is 28.5 Å². The molecule has 0 spiro atoms. The highest BCUT2D eigenvalue weighted by Crippen LogP contribution is 2.31. The molecule has 2 nitrogen and oxygen atoms in total. The fourth-order valence-corrected chi connectivity index (χ4v) is 3.10. The number of nitrogen functional groups attached to an aromatic ring is 1. The summed E-state index contributed by atoms with van der Waals surface area (Å²) in [5, 5.41) is 13.2. The molecule has 0 radical (unpaired) electrons. The first-order chi connectivity index (χ1) is 6.76. The van der Waals surface area contributed by atoms with Gasteiger partial charge in [-0.15, -0.1) is 11.3 Å². The van der Waals surface area contributed by atoms with Gasteiger partial charge in [0.15, 0.2) is 0 Å². The molecule has 0 saturated heterocycles. The number of nitrogens with two attached hydrogens (primary N) is 1. The van der Waals surface area contributed by atoms with E-state index in [-0.39, 0.29) is 6.61 Å². The Morgan fingerprint density at radius 2 is 2.14 bits per heavy atom. The molecule has 0 aliphatic carbocycles. The molecule has 4 heteroatoms. The average Bonchev–Trinajstić information content (AvgIpc) is 2.58. The first kappa shape index (κ1) is 9.96. The summed E-state index contributed by atoms with van der Waals surface area (Å²) in [6.45, 7) is -0.000649. The van der Waals surface area contributed by atoms with Crippen LogP contribution in [0.1, 0.15) is 11.1 Å². The number of aliphatic hydroxyl groups excluding tert-OH is 1. The summed E-state index contributed by atoms with van der Waals surface area (Å²) in [6.07, 6.45) is 0. The zero-order valence-electron chi connectivity index (χ0n) is 7.46. The fourth-order valence-electron chi connectivity index (χ4n) is 1.43. The topological polar surface area (TPSA) is 46.2 Å². The van der Waals surface area contributed by atoms with Crippen LogP contribution in [0.15, 0.2) is 17.5 Å². The molecule has 2 aromatic rings. The zero-order chi connectivity index (χ0) is 10.1. The SMILES string of the molecule is Nc1cc2scc(CBr)c2cc1CO. The number of alkyl halides is 1. The van der Waals surface area contributed by atoms with E-state index < -0.39 is 0 Å². The van der Waals surface area contributed by atoms with E-state index in [2.05, 4.69) is 21.3 Å². The number of rotatable bonds is 2. The smallest absolute Gasteiger partial charge is 0.0702 e. The maximum absolute atomic E-state index is 9.09. The van der Waals surface area contributed by atoms with Crippen LogP contribution < -0.4 is 5.73 Å². The van der Waals surface area contributed by atoms with Crippen molar-refractivity contribution in [1.82, 2.24) is 0 Å². The first-order valence-electron chi connectivity index (χ1n) is 4.21. The summed E-state index contributed by atoms with van der Waals surface area (Å²) >= 11 is 5.12. The van der Waals surface area contributed by atoms with Crippen LogP contribution in [0, 0.1) is 0 Å². The van der Waals surface area contributed by atoms with Crippen molar-refractivity contribution in [1.29, 1.82) is 0 Å². The number of benzene rings is 1. The number of hydrogen-bond donors (Lipinski definition) is 2. The van der Waals surface area contributed by atoms with E-state index in [1.807, 2.05) is 12.1 Å². The Hall–Kier alpha value is -0.580. The predicted molar refractivity (Wildman–Crippen MR) is 64.8 cm³/mol. The quantitative estimate of drug-likeness (QED) is 0.652. The van der Waals surface area contributed by atoms with E-state index in [1.54, 1.807) is 11.3 Å². The van der Waals surface area contributed by atoms with E-state index in [9.17, 15) is 0 Å². The third kappa shape index (κ3) is 1.54. The summed E-state index contributed by atoms with van der Waals surface area (Å²) in [5.41, 5.74) is 8.51. The highest BCUT2D eigenvalue weighted by Gasteiger charge is 2.06. The Bertz CT molecular complexity index is 466. The van der Waals surface area contributed by atoms with Crippen LogP contribution in [0.3, 0.4) is 0 Å². The number of aliphatic hydroxyl groups is 1. The normalized spacial score (nSPS) is 11.0. The summed E-state index contributed by atoms with van der Waals surface area (Å²) in [5.74, 6) is 0. The standard InChI is InChI=1S/C10H10BrNOS/c11-3-7-5-14-10-2-9(12)6(4-13)1-8(7)10/h1-2,5,13H,3-4,12H2. The number of halogens is 1. The van der Waals surface area contributed by atoms with Gasteiger partial charge in [0.25, 0.3) is 0 Å². The number of fused-ring (bicyclic) bond motifs is 1. The van der Waals surface area contributed by atoms with Crippen molar-refractivity contribution in [2.24, 2.45) is 0 Å². The largest absolute Gasteiger partial charge is 0.398 e. The van der Waals surface area contributed by atoms with E-state index in [0.717, 1.165) is 10.9 Å². The van der Waals surface area contributed by atoms with Gasteiger partial charge in [0.1, 0.15) is 0 Å². The number of thiophene rings is 1. The van der Waals surface area contributed by atoms with Crippen LogP contribution in [0.4, 0.5) is 5.69 Å². The molecule has 14 heavy (non-hydrogen) atoms. The van der Waals surface area contributed by atoms with Crippen LogP contribution in [0.5, 0.6) is 0 Å². The highest BCUT2D eigenvalue weighted by molar-refractivity contribution is 9.08. The van der Waals surface area contributed by atoms with Crippen molar-refractivity contribution in [3.05, 3.63) is 28.6 Å². The van der Waals surface area contributed by atoms with Crippen molar-refractivity contribution >= 4 is 43.0 Å². The van der Waals surface area contributed by atoms with Gasteiger partial charge in [-0.3, -0.25) is 0 Å². The molecule has 0 saturated carbocycles. The molecule has 0 atom stereocenters. The molecular weight excluding hydrogens is 262 g/mol. The molecule has 74 valence electrons. The average molecular weight is 272 g/mol. The minimum absolute atomic E-state index is 0.000649. The van der Waals surface area contributed by atoms with Gasteiger partial charge in [0, 0.05) is 21.3 Å². The molecule has 0 bridgehead atoms. The third-order valence-corrected chi connectivity index (χ3v) is 3.83. The lowest BCUT2D eigenvalue weighted by molar-refractivity contribution is 0.282. The molecule has 0 fully saturated rings. The first-order valence-corrected chi connectivity index (χ1v) is 6.21. The van der Waals surface area contributed by atoms with E-state index >= 15 is 0 Å². The van der Waals surface area contributed by atoms with Gasteiger partial charge in [0.2, 0.25) is 0 Å². The maximum Gasteiger partial charge on any atom is 0.0702 e. The van der Waals surface area contributed by atoms with Crippen LogP contribution >= 0.6 is 27.3 Å². The van der Waals surface area contributed by atoms with Crippen LogP contribution in [-0.4, -0.2) is 5.11 Å². The maximum atomic E-state index is 9.09. The van der Waals surface area contributed by atoms with Crippen LogP contribution in [0.2, 0.25) is 0 Å². The molecule has 1 aromatic carbocycles. The van der Waals surface area contributed by atoms with Crippen molar-refractivity contribution in [3.8, 4) is 0 Å². The van der Waals surface area contributed by atoms with Gasteiger partial charge >= 0.3 is 0 Å². The summed E-state index contributed by atoms with van der Waals surface area (Å²) in [7, 11) is 0. The van der Waals surface area contributed by atoms with Crippen molar-refractivity contribution in [2.75, 3.05) is 5.73 Å². The number of hydrogen-bond acceptors (Lipinski definition) is 3. The van der Waals surface area contributed by atoms with Gasteiger partial charge < -0.3 is 10.8 Å². The highest BCUT2D eigenvalue weighted by atomic mass is 79.9. The van der Waals surface area contributed by atoms with Gasteiger partial charge in [-0.25, -0.2) is 0 Å². The second-order valence-electron chi connectivity index (χ2n) is 3.10. The second kappa shape index (κ2) is 3.88. The zero-order valence-corrected chi connectivity index (χ0v) is 9.86. The summed E-state index contributed by atoms with van der Waals surface area (Å²) in [4.78, 5) is 0. The lowest BCUT2D eigenvalue weighted by atomic mass is 10.1. The lowest BCUT2D eigenvalue weighted by Crippen LogP contribution is -1.93. The fraction of sp³-hybridized carbons (Fsp3) is 0.200. The molecule has 1 heterocycles. The monoisotopic (exact) mass is 271 g/mol. The van der Waals surface area contributed by atoms with E-state index in [4.69, 9.17) is 10.8 Å². The molecule has 2 rings (SSSR count). The summed E-state index contributed by atoms with van der Waals surface area (Å²) < 4.78 is 1.18. The third-order valence-electron chi connectivity index (χ3n) is 2.23. The Kier molecular flexibility index (Phi) is 2.76. The molecule has 1 aromatic heterocycles. The van der Waals surface area contributed by atoms with Gasteiger partial charge in [-0.1, -0.05) is 15.9 Å². The number of anilines is 1. The van der Waals surface area contributed by atoms with Gasteiger partial charge in [0.05, 0.1) is 6.61 Å².